The summed E-state index contributed by atoms with van der Waals surface area (Å²) in [5.41, 5.74) is 0. The fourth-order valence-electron chi connectivity index (χ4n) is 5.92. The maximum Gasteiger partial charge on any atom is 0.508 e. The van der Waals surface area contributed by atoms with Gasteiger partial charge in [-0.25, -0.2) is 4.79 Å². The van der Waals surface area contributed by atoms with Crippen molar-refractivity contribution >= 4 is 6.16 Å². The molecule has 1 fully saturated rings. The highest BCUT2D eigenvalue weighted by molar-refractivity contribution is 5.60. The number of allylic oxidation sites excluding steroid dienone is 1. The van der Waals surface area contributed by atoms with Crippen LogP contribution in [0.15, 0.2) is 12.2 Å². The molecule has 44 heavy (non-hydrogen) atoms. The van der Waals surface area contributed by atoms with Gasteiger partial charge in [0.1, 0.15) is 6.10 Å². The van der Waals surface area contributed by atoms with Crippen LogP contribution in [-0.2, 0) is 18.9 Å². The molecule has 0 N–H and O–H groups in total. The van der Waals surface area contributed by atoms with Crippen LogP contribution >= 0.6 is 0 Å². The smallest absolute Gasteiger partial charge is 0.434 e. The Kier molecular flexibility index (Phi) is 28.4. The van der Waals surface area contributed by atoms with Crippen LogP contribution < -0.4 is 0 Å². The van der Waals surface area contributed by atoms with E-state index in [1.165, 1.54) is 96.3 Å². The quantitative estimate of drug-likeness (QED) is 0.0435. The zero-order valence-electron chi connectivity index (χ0n) is 29.7. The van der Waals surface area contributed by atoms with E-state index in [2.05, 4.69) is 30.9 Å². The predicted molar refractivity (Wildman–Crippen MR) is 185 cm³/mol. The SMILES string of the molecule is CCCCCCCCCCC(CCCCCCC/C=C\C[C@@H](CCCCCC)OC1CCCO1)OC(=O)OCCCN(C)C. The van der Waals surface area contributed by atoms with Gasteiger partial charge in [-0.2, -0.15) is 0 Å². The molecule has 260 valence electrons. The lowest BCUT2D eigenvalue weighted by molar-refractivity contribution is -0.144. The Balaban J connectivity index is 2.24. The van der Waals surface area contributed by atoms with Gasteiger partial charge < -0.3 is 23.8 Å². The highest BCUT2D eigenvalue weighted by atomic mass is 16.7. The maximum absolute atomic E-state index is 12.3. The van der Waals surface area contributed by atoms with Crippen molar-refractivity contribution in [3.63, 3.8) is 0 Å². The molecule has 0 aromatic carbocycles. The number of rotatable bonds is 31. The summed E-state index contributed by atoms with van der Waals surface area (Å²) in [5, 5.41) is 0. The second-order valence-corrected chi connectivity index (χ2v) is 13.4. The number of hydrogen-bond acceptors (Lipinski definition) is 6. The minimum absolute atomic E-state index is 0.00820. The van der Waals surface area contributed by atoms with Crippen molar-refractivity contribution in [3.05, 3.63) is 12.2 Å². The van der Waals surface area contributed by atoms with Gasteiger partial charge in [0.2, 0.25) is 0 Å². The third-order valence-electron chi connectivity index (χ3n) is 8.69. The number of hydrogen-bond donors (Lipinski definition) is 0. The second kappa shape index (κ2) is 30.5. The third-order valence-corrected chi connectivity index (χ3v) is 8.69. The molecule has 0 spiro atoms. The van der Waals surface area contributed by atoms with Gasteiger partial charge >= 0.3 is 6.16 Å². The molecule has 0 aromatic rings. The van der Waals surface area contributed by atoms with Crippen molar-refractivity contribution in [2.45, 2.75) is 193 Å². The topological polar surface area (TPSA) is 57.2 Å². The molecular weight excluding hydrogens is 550 g/mol. The van der Waals surface area contributed by atoms with E-state index in [-0.39, 0.29) is 12.4 Å². The van der Waals surface area contributed by atoms with Crippen LogP contribution in [0.2, 0.25) is 0 Å². The van der Waals surface area contributed by atoms with Gasteiger partial charge in [-0.1, -0.05) is 116 Å². The van der Waals surface area contributed by atoms with Crippen molar-refractivity contribution in [2.75, 3.05) is 33.9 Å². The first-order valence-electron chi connectivity index (χ1n) is 18.9. The standard InChI is InChI=1S/C38H73NO5/c1-5-7-9-11-12-15-19-23-29-36(44-38(40)42-34-26-32-39(3)4)30-24-20-17-14-13-16-18-22-28-35(27-21-10-8-6-2)43-37-31-25-33-41-37/h18,22,35-37H,5-17,19-21,23-34H2,1-4H3/b22-18-/t35-,36?,37?/m1/s1. The zero-order chi connectivity index (χ0) is 31.9. The van der Waals surface area contributed by atoms with Crippen LogP contribution in [-0.4, -0.2) is 63.4 Å². The molecule has 1 aliphatic heterocycles. The summed E-state index contributed by atoms with van der Waals surface area (Å²) in [6, 6.07) is 0. The Morgan fingerprint density at radius 2 is 1.32 bits per heavy atom. The lowest BCUT2D eigenvalue weighted by Gasteiger charge is -2.20. The van der Waals surface area contributed by atoms with Crippen molar-refractivity contribution in [1.29, 1.82) is 0 Å². The average Bonchev–Trinajstić information content (AvgIpc) is 3.52. The fourth-order valence-corrected chi connectivity index (χ4v) is 5.92. The van der Waals surface area contributed by atoms with E-state index >= 15 is 0 Å². The van der Waals surface area contributed by atoms with Gasteiger partial charge in [0.15, 0.2) is 6.29 Å². The molecule has 3 atom stereocenters. The summed E-state index contributed by atoms with van der Waals surface area (Å²) in [4.78, 5) is 14.4. The summed E-state index contributed by atoms with van der Waals surface area (Å²) < 4.78 is 23.2. The molecule has 0 aromatic heterocycles. The van der Waals surface area contributed by atoms with Crippen LogP contribution in [0.25, 0.3) is 0 Å². The molecule has 2 unspecified atom stereocenters. The van der Waals surface area contributed by atoms with Crippen LogP contribution in [0.4, 0.5) is 4.79 Å². The van der Waals surface area contributed by atoms with Gasteiger partial charge in [0.25, 0.3) is 0 Å². The lowest BCUT2D eigenvalue weighted by Crippen LogP contribution is -2.21. The van der Waals surface area contributed by atoms with Gasteiger partial charge in [-0.05, 0) is 78.3 Å². The molecule has 1 aliphatic rings. The summed E-state index contributed by atoms with van der Waals surface area (Å²) >= 11 is 0. The van der Waals surface area contributed by atoms with Crippen LogP contribution in [0, 0.1) is 0 Å². The summed E-state index contributed by atoms with van der Waals surface area (Å²) in [7, 11) is 4.06. The molecule has 0 aliphatic carbocycles. The third kappa shape index (κ3) is 26.1. The highest BCUT2D eigenvalue weighted by Gasteiger charge is 2.20. The molecule has 6 nitrogen and oxygen atoms in total. The molecule has 1 heterocycles. The zero-order valence-corrected chi connectivity index (χ0v) is 29.7. The summed E-state index contributed by atoms with van der Waals surface area (Å²) in [6.07, 6.45) is 34.3. The second-order valence-electron chi connectivity index (χ2n) is 13.4. The van der Waals surface area contributed by atoms with Crippen LogP contribution in [0.1, 0.15) is 174 Å². The summed E-state index contributed by atoms with van der Waals surface area (Å²) in [5.74, 6) is 0. The first-order chi connectivity index (χ1) is 21.5. The van der Waals surface area contributed by atoms with Gasteiger partial charge in [-0.3, -0.25) is 0 Å². The van der Waals surface area contributed by atoms with Crippen LogP contribution in [0.3, 0.4) is 0 Å². The van der Waals surface area contributed by atoms with E-state index in [9.17, 15) is 4.79 Å². The molecule has 1 rings (SSSR count). The first-order valence-corrected chi connectivity index (χ1v) is 18.9. The van der Waals surface area contributed by atoms with E-state index in [0.717, 1.165) is 77.4 Å². The fraction of sp³-hybridized carbons (Fsp3) is 0.921. The van der Waals surface area contributed by atoms with Crippen molar-refractivity contribution in [2.24, 2.45) is 0 Å². The predicted octanol–water partition coefficient (Wildman–Crippen LogP) is 11.2. The van der Waals surface area contributed by atoms with E-state index in [4.69, 9.17) is 18.9 Å². The van der Waals surface area contributed by atoms with E-state index in [0.29, 0.717) is 12.7 Å². The number of carbonyl (C=O) groups excluding carboxylic acids is 1. The van der Waals surface area contributed by atoms with Gasteiger partial charge in [0, 0.05) is 19.6 Å². The summed E-state index contributed by atoms with van der Waals surface area (Å²) in [6.45, 7) is 6.72. The normalized spacial score (nSPS) is 16.6. The molecule has 0 bridgehead atoms. The minimum atomic E-state index is -0.482. The Morgan fingerprint density at radius 1 is 0.750 bits per heavy atom. The molecular formula is C38H73NO5. The lowest BCUT2D eigenvalue weighted by atomic mass is 10.0. The Morgan fingerprint density at radius 3 is 1.91 bits per heavy atom. The molecule has 0 radical (unpaired) electrons. The Labute approximate surface area is 273 Å². The van der Waals surface area contributed by atoms with E-state index in [1.54, 1.807) is 0 Å². The highest BCUT2D eigenvalue weighted by Crippen LogP contribution is 2.21. The first kappa shape index (κ1) is 40.9. The Bertz CT molecular complexity index is 649. The van der Waals surface area contributed by atoms with Crippen LogP contribution in [0.5, 0.6) is 0 Å². The van der Waals surface area contributed by atoms with Crippen molar-refractivity contribution in [3.8, 4) is 0 Å². The molecule has 0 amide bonds. The molecule has 1 saturated heterocycles. The van der Waals surface area contributed by atoms with E-state index in [1.807, 2.05) is 14.1 Å². The monoisotopic (exact) mass is 624 g/mol. The average molecular weight is 624 g/mol. The van der Waals surface area contributed by atoms with E-state index < -0.39 is 6.16 Å². The minimum Gasteiger partial charge on any atom is -0.434 e. The number of nitrogens with zero attached hydrogens (tertiary/aromatic N) is 1. The number of ether oxygens (including phenoxy) is 4. The Hall–Kier alpha value is -1.11. The molecule has 0 saturated carbocycles. The van der Waals surface area contributed by atoms with Gasteiger partial charge in [0.05, 0.1) is 12.7 Å². The number of unbranched alkanes of at least 4 members (excludes halogenated alkanes) is 15. The largest absolute Gasteiger partial charge is 0.508 e. The van der Waals surface area contributed by atoms with Gasteiger partial charge in [-0.15, -0.1) is 0 Å². The van der Waals surface area contributed by atoms with Crippen molar-refractivity contribution in [1.82, 2.24) is 4.90 Å². The molecule has 6 heteroatoms. The maximum atomic E-state index is 12.3. The number of carbonyl (C=O) groups is 1. The van der Waals surface area contributed by atoms with Crippen molar-refractivity contribution < 1.29 is 23.7 Å².